The van der Waals surface area contributed by atoms with Crippen LogP contribution >= 0.6 is 0 Å². The zero-order chi connectivity index (χ0) is 21.4. The summed E-state index contributed by atoms with van der Waals surface area (Å²) in [5.41, 5.74) is 0.274. The number of nitrogens with one attached hydrogen (secondary N) is 2. The van der Waals surface area contributed by atoms with Crippen molar-refractivity contribution in [1.29, 1.82) is 0 Å². The molecule has 2 aromatic rings. The van der Waals surface area contributed by atoms with Crippen LogP contribution in [0.3, 0.4) is 0 Å². The Morgan fingerprint density at radius 3 is 2.45 bits per heavy atom. The molecule has 158 valence electrons. The molecule has 0 saturated carbocycles. The van der Waals surface area contributed by atoms with E-state index in [1.54, 1.807) is 32.9 Å². The van der Waals surface area contributed by atoms with Crippen molar-refractivity contribution in [3.8, 4) is 5.75 Å². The molecule has 10 heteroatoms. The minimum atomic E-state index is -3.79. The average Bonchev–Trinajstić information content (AvgIpc) is 3.23. The van der Waals surface area contributed by atoms with Crippen LogP contribution in [-0.2, 0) is 14.8 Å². The lowest BCUT2D eigenvalue weighted by Crippen LogP contribution is -2.33. The molecule has 9 nitrogen and oxygen atoms in total. The topological polar surface area (TPSA) is 118 Å². The highest BCUT2D eigenvalue weighted by molar-refractivity contribution is 7.89. The lowest BCUT2D eigenvalue weighted by atomic mass is 10.3. The van der Waals surface area contributed by atoms with Gasteiger partial charge in [0, 0.05) is 18.8 Å². The van der Waals surface area contributed by atoms with Crippen LogP contribution in [0.5, 0.6) is 5.75 Å². The van der Waals surface area contributed by atoms with Crippen molar-refractivity contribution in [2.75, 3.05) is 31.6 Å². The van der Waals surface area contributed by atoms with Gasteiger partial charge in [-0.1, -0.05) is 13.8 Å². The maximum absolute atomic E-state index is 12.9. The molecule has 29 heavy (non-hydrogen) atoms. The predicted molar refractivity (Wildman–Crippen MR) is 107 cm³/mol. The third-order valence-electron chi connectivity index (χ3n) is 4.01. The second kappa shape index (κ2) is 10.1. The fraction of sp³-hybridized carbons (Fsp3) is 0.368. The Hall–Kier alpha value is -2.85. The summed E-state index contributed by atoms with van der Waals surface area (Å²) in [5, 5.41) is 5.00. The first-order valence-corrected chi connectivity index (χ1v) is 10.7. The maximum Gasteiger partial charge on any atom is 0.287 e. The van der Waals surface area contributed by atoms with Crippen molar-refractivity contribution in [3.05, 3.63) is 42.4 Å². The summed E-state index contributed by atoms with van der Waals surface area (Å²) in [6.45, 7) is 5.85. The molecule has 0 fully saturated rings. The number of benzene rings is 1. The van der Waals surface area contributed by atoms with Crippen LogP contribution in [0, 0.1) is 0 Å². The Morgan fingerprint density at radius 2 is 1.86 bits per heavy atom. The number of carbonyl (C=O) groups is 2. The van der Waals surface area contributed by atoms with Gasteiger partial charge in [-0.15, -0.1) is 0 Å². The highest BCUT2D eigenvalue weighted by atomic mass is 32.2. The Labute approximate surface area is 170 Å². The molecule has 1 heterocycles. The summed E-state index contributed by atoms with van der Waals surface area (Å²) in [6, 6.07) is 7.43. The SMILES string of the molecule is CCOc1ccc(NC(=O)CNC(=O)c2ccco2)cc1S(=O)(=O)N(CC)CC. The molecule has 0 unspecified atom stereocenters. The molecule has 0 radical (unpaired) electrons. The Balaban J connectivity index is 2.17. The molecular weight excluding hydrogens is 398 g/mol. The number of sulfonamides is 1. The van der Waals surface area contributed by atoms with Gasteiger partial charge in [-0.2, -0.15) is 4.31 Å². The highest BCUT2D eigenvalue weighted by Gasteiger charge is 2.26. The van der Waals surface area contributed by atoms with Gasteiger partial charge >= 0.3 is 0 Å². The highest BCUT2D eigenvalue weighted by Crippen LogP contribution is 2.30. The molecule has 2 N–H and O–H groups in total. The van der Waals surface area contributed by atoms with Gasteiger partial charge in [-0.3, -0.25) is 9.59 Å². The molecule has 0 bridgehead atoms. The second-order valence-electron chi connectivity index (χ2n) is 5.89. The molecule has 2 amide bonds. The largest absolute Gasteiger partial charge is 0.492 e. The average molecular weight is 423 g/mol. The van der Waals surface area contributed by atoms with Crippen molar-refractivity contribution in [1.82, 2.24) is 9.62 Å². The molecule has 1 aromatic heterocycles. The number of nitrogens with zero attached hydrogens (tertiary/aromatic N) is 1. The summed E-state index contributed by atoms with van der Waals surface area (Å²) in [6.07, 6.45) is 1.35. The van der Waals surface area contributed by atoms with Crippen molar-refractivity contribution in [2.24, 2.45) is 0 Å². The molecule has 0 aliphatic rings. The number of furan rings is 1. The van der Waals surface area contributed by atoms with E-state index in [2.05, 4.69) is 10.6 Å². The van der Waals surface area contributed by atoms with Gasteiger partial charge in [0.1, 0.15) is 10.6 Å². The van der Waals surface area contributed by atoms with E-state index in [0.29, 0.717) is 19.7 Å². The summed E-state index contributed by atoms with van der Waals surface area (Å²) in [4.78, 5) is 23.9. The number of ether oxygens (including phenoxy) is 1. The minimum Gasteiger partial charge on any atom is -0.492 e. The first-order chi connectivity index (χ1) is 13.8. The van der Waals surface area contributed by atoms with Crippen molar-refractivity contribution in [3.63, 3.8) is 0 Å². The van der Waals surface area contributed by atoms with Crippen LogP contribution in [0.15, 0.2) is 45.9 Å². The lowest BCUT2D eigenvalue weighted by molar-refractivity contribution is -0.115. The Kier molecular flexibility index (Phi) is 7.80. The van der Waals surface area contributed by atoms with Crippen LogP contribution in [0.2, 0.25) is 0 Å². The fourth-order valence-corrected chi connectivity index (χ4v) is 4.24. The molecule has 0 saturated heterocycles. The molecule has 0 aliphatic heterocycles. The smallest absolute Gasteiger partial charge is 0.287 e. The lowest BCUT2D eigenvalue weighted by Gasteiger charge is -2.21. The molecular formula is C19H25N3O6S. The summed E-state index contributed by atoms with van der Waals surface area (Å²) >= 11 is 0. The normalized spacial score (nSPS) is 11.3. The summed E-state index contributed by atoms with van der Waals surface area (Å²) < 4.78 is 37.6. The van der Waals surface area contributed by atoms with Gasteiger partial charge in [0.25, 0.3) is 5.91 Å². The van der Waals surface area contributed by atoms with E-state index in [-0.39, 0.29) is 28.6 Å². The molecule has 0 aliphatic carbocycles. The number of anilines is 1. The van der Waals surface area contributed by atoms with Crippen LogP contribution in [-0.4, -0.2) is 50.8 Å². The molecule has 0 atom stereocenters. The quantitative estimate of drug-likeness (QED) is 0.604. The predicted octanol–water partition coefficient (Wildman–Crippen LogP) is 2.08. The second-order valence-corrected chi connectivity index (χ2v) is 7.80. The third-order valence-corrected chi connectivity index (χ3v) is 6.08. The number of hydrogen-bond donors (Lipinski definition) is 2. The maximum atomic E-state index is 12.9. The van der Waals surface area contributed by atoms with Crippen LogP contribution < -0.4 is 15.4 Å². The number of hydrogen-bond acceptors (Lipinski definition) is 6. The first-order valence-electron chi connectivity index (χ1n) is 9.22. The fourth-order valence-electron chi connectivity index (χ4n) is 2.63. The third kappa shape index (κ3) is 5.58. The van der Waals surface area contributed by atoms with E-state index in [1.807, 2.05) is 0 Å². The van der Waals surface area contributed by atoms with Crippen LogP contribution in [0.25, 0.3) is 0 Å². The van der Waals surface area contributed by atoms with E-state index in [9.17, 15) is 18.0 Å². The van der Waals surface area contributed by atoms with E-state index in [4.69, 9.17) is 9.15 Å². The van der Waals surface area contributed by atoms with Gasteiger partial charge in [0.05, 0.1) is 19.4 Å². The van der Waals surface area contributed by atoms with E-state index >= 15 is 0 Å². The zero-order valence-electron chi connectivity index (χ0n) is 16.6. The van der Waals surface area contributed by atoms with Gasteiger partial charge in [-0.05, 0) is 37.3 Å². The summed E-state index contributed by atoms with van der Waals surface area (Å²) in [5.74, 6) is -0.739. The van der Waals surface area contributed by atoms with Crippen molar-refractivity contribution in [2.45, 2.75) is 25.7 Å². The van der Waals surface area contributed by atoms with Gasteiger partial charge in [0.15, 0.2) is 5.76 Å². The Bertz CT molecular complexity index is 937. The van der Waals surface area contributed by atoms with Crippen molar-refractivity contribution < 1.29 is 27.2 Å². The standard InChI is InChI=1S/C19H25N3O6S/c1-4-22(5-2)29(25,26)17-12-14(9-10-15(17)27-6-3)21-18(23)13-20-19(24)16-8-7-11-28-16/h7-12H,4-6,13H2,1-3H3,(H,20,24)(H,21,23). The summed E-state index contributed by atoms with van der Waals surface area (Å²) in [7, 11) is -3.79. The van der Waals surface area contributed by atoms with Gasteiger partial charge in [-0.25, -0.2) is 8.42 Å². The number of rotatable bonds is 10. The van der Waals surface area contributed by atoms with E-state index < -0.39 is 21.8 Å². The number of carbonyl (C=O) groups excluding carboxylic acids is 2. The van der Waals surface area contributed by atoms with Crippen LogP contribution in [0.4, 0.5) is 5.69 Å². The molecule has 1 aromatic carbocycles. The Morgan fingerprint density at radius 1 is 1.14 bits per heavy atom. The monoisotopic (exact) mass is 423 g/mol. The van der Waals surface area contributed by atoms with Crippen molar-refractivity contribution >= 4 is 27.5 Å². The minimum absolute atomic E-state index is 0.0273. The molecule has 2 rings (SSSR count). The van der Waals surface area contributed by atoms with Gasteiger partial charge < -0.3 is 19.8 Å². The van der Waals surface area contributed by atoms with Gasteiger partial charge in [0.2, 0.25) is 15.9 Å². The number of amides is 2. The van der Waals surface area contributed by atoms with Crippen LogP contribution in [0.1, 0.15) is 31.3 Å². The first kappa shape index (κ1) is 22.4. The van der Waals surface area contributed by atoms with E-state index in [0.717, 1.165) is 0 Å². The zero-order valence-corrected chi connectivity index (χ0v) is 17.4. The molecule has 0 spiro atoms. The van der Waals surface area contributed by atoms with E-state index in [1.165, 1.54) is 28.8 Å².